The highest BCUT2D eigenvalue weighted by atomic mass is 35.5. The normalized spacial score (nSPS) is 21.0. The van der Waals surface area contributed by atoms with Gasteiger partial charge in [-0.2, -0.15) is 0 Å². The van der Waals surface area contributed by atoms with Crippen LogP contribution in [0.1, 0.15) is 80.8 Å². The number of halogens is 1. The minimum Gasteiger partial charge on any atom is -0.496 e. The van der Waals surface area contributed by atoms with Crippen molar-refractivity contribution in [3.05, 3.63) is 58.1 Å². The third-order valence-corrected chi connectivity index (χ3v) is 8.00. The van der Waals surface area contributed by atoms with Crippen molar-refractivity contribution in [3.63, 3.8) is 0 Å². The van der Waals surface area contributed by atoms with Crippen molar-refractivity contribution in [1.29, 1.82) is 0 Å². The van der Waals surface area contributed by atoms with Crippen molar-refractivity contribution in [2.45, 2.75) is 109 Å². The first-order chi connectivity index (χ1) is 22.8. The molecular weight excluding hydrogens is 646 g/mol. The van der Waals surface area contributed by atoms with Gasteiger partial charge in [-0.1, -0.05) is 48.7 Å². The first kappa shape index (κ1) is 39.2. The van der Waals surface area contributed by atoms with Crippen LogP contribution in [0.25, 0.3) is 0 Å². The van der Waals surface area contributed by atoms with Crippen molar-refractivity contribution < 1.29 is 53.4 Å². The average Bonchev–Trinajstić information content (AvgIpc) is 3.03. The van der Waals surface area contributed by atoms with Crippen molar-refractivity contribution in [2.24, 2.45) is 0 Å². The lowest BCUT2D eigenvalue weighted by molar-refractivity contribution is -0.261. The molecule has 0 saturated carbocycles. The fourth-order valence-corrected chi connectivity index (χ4v) is 5.52. The van der Waals surface area contributed by atoms with E-state index in [2.05, 4.69) is 5.32 Å². The first-order valence-electron chi connectivity index (χ1n) is 16.0. The second-order valence-electron chi connectivity index (χ2n) is 12.7. The molecule has 1 saturated heterocycles. The number of carbonyl (C=O) groups is 3. The predicted molar refractivity (Wildman–Crippen MR) is 177 cm³/mol. The Balaban J connectivity index is 1.52. The number of carbonyl (C=O) groups excluding carboxylic acids is 3. The molecule has 0 spiro atoms. The van der Waals surface area contributed by atoms with E-state index in [1.807, 2.05) is 45.0 Å². The predicted octanol–water partition coefficient (Wildman–Crippen LogP) is 3.91. The Bertz CT molecular complexity index is 1380. The second-order valence-corrected chi connectivity index (χ2v) is 13.2. The summed E-state index contributed by atoms with van der Waals surface area (Å²) < 4.78 is 27.4. The lowest BCUT2D eigenvalue weighted by atomic mass is 9.96. The Kier molecular flexibility index (Phi) is 15.1. The van der Waals surface area contributed by atoms with E-state index in [0.717, 1.165) is 36.8 Å². The molecule has 48 heavy (non-hydrogen) atoms. The number of amides is 1. The topological polar surface area (TPSA) is 170 Å². The zero-order valence-electron chi connectivity index (χ0n) is 28.2. The number of ether oxygens (including phenoxy) is 5. The lowest BCUT2D eigenvalue weighted by Crippen LogP contribution is -2.64. The number of benzene rings is 2. The molecule has 2 aromatic carbocycles. The minimum absolute atomic E-state index is 0.0409. The van der Waals surface area contributed by atoms with Gasteiger partial charge in [0.05, 0.1) is 24.3 Å². The van der Waals surface area contributed by atoms with Gasteiger partial charge < -0.3 is 44.3 Å². The van der Waals surface area contributed by atoms with Crippen LogP contribution >= 0.6 is 11.6 Å². The summed E-state index contributed by atoms with van der Waals surface area (Å²) in [4.78, 5) is 37.6. The van der Waals surface area contributed by atoms with Gasteiger partial charge in [-0.25, -0.2) is 0 Å². The highest BCUT2D eigenvalue weighted by Crippen LogP contribution is 2.34. The molecular formula is C35H48ClNO11. The van der Waals surface area contributed by atoms with Crippen LogP contribution in [-0.2, 0) is 36.8 Å². The van der Waals surface area contributed by atoms with Crippen molar-refractivity contribution in [1.82, 2.24) is 5.32 Å². The number of hydrogen-bond acceptors (Lipinski definition) is 11. The van der Waals surface area contributed by atoms with Gasteiger partial charge in [0.2, 0.25) is 0 Å². The molecule has 0 radical (unpaired) electrons. The molecule has 0 aliphatic carbocycles. The number of ketones is 1. The Morgan fingerprint density at radius 1 is 0.938 bits per heavy atom. The van der Waals surface area contributed by atoms with Crippen LogP contribution in [0.15, 0.2) is 36.4 Å². The number of nitrogens with one attached hydrogen (secondary N) is 1. The molecule has 12 nitrogen and oxygen atoms in total. The Morgan fingerprint density at radius 3 is 2.27 bits per heavy atom. The van der Waals surface area contributed by atoms with Gasteiger partial charge in [-0.15, -0.1) is 0 Å². The van der Waals surface area contributed by atoms with Gasteiger partial charge in [0.15, 0.2) is 6.29 Å². The van der Waals surface area contributed by atoms with Gasteiger partial charge in [-0.05, 0) is 50.8 Å². The molecule has 1 aliphatic heterocycles. The molecule has 1 heterocycles. The van der Waals surface area contributed by atoms with Crippen LogP contribution in [0, 0.1) is 0 Å². The highest BCUT2D eigenvalue weighted by molar-refractivity contribution is 6.32. The summed E-state index contributed by atoms with van der Waals surface area (Å²) in [6, 6.07) is 9.17. The van der Waals surface area contributed by atoms with Crippen LogP contribution < -0.4 is 14.8 Å². The lowest BCUT2D eigenvalue weighted by Gasteiger charge is -2.41. The number of aliphatic hydroxyl groups is 3. The smallest absolute Gasteiger partial charge is 0.306 e. The zero-order chi connectivity index (χ0) is 35.4. The molecule has 2 aromatic rings. The zero-order valence-corrected chi connectivity index (χ0v) is 29.0. The Labute approximate surface area is 286 Å². The second kappa shape index (κ2) is 18.5. The summed E-state index contributed by atoms with van der Waals surface area (Å²) in [6.45, 7) is 5.13. The maximum Gasteiger partial charge on any atom is 0.306 e. The van der Waals surface area contributed by atoms with Crippen LogP contribution in [0.2, 0.25) is 5.02 Å². The molecule has 13 heteroatoms. The standard InChI is InChI=1S/C35H48ClNO11/c1-35(2,3)48-29(40)14-9-7-6-8-13-23(39)16-21-11-10-12-22(15-21)20-46-27-18-26(44-4)24(17-25(27)36)33(43)37-30-32(42)31(41)28(19-38)47-34(30)45-5/h10-12,15,17-18,28,30-32,34,38,41-42H,6-9,13-14,16,19-20H2,1-5H3,(H,37,43)/t28-,30-,31-,32-,34+/m1/s1. The summed E-state index contributed by atoms with van der Waals surface area (Å²) in [5.41, 5.74) is 1.24. The molecule has 1 amide bonds. The van der Waals surface area contributed by atoms with Crippen molar-refractivity contribution in [2.75, 3.05) is 20.8 Å². The Morgan fingerprint density at radius 2 is 1.62 bits per heavy atom. The van der Waals surface area contributed by atoms with Gasteiger partial charge in [-0.3, -0.25) is 14.4 Å². The van der Waals surface area contributed by atoms with Gasteiger partial charge in [0.25, 0.3) is 5.91 Å². The van der Waals surface area contributed by atoms with Gasteiger partial charge in [0.1, 0.15) is 53.8 Å². The Hall–Kier alpha value is -3.26. The van der Waals surface area contributed by atoms with Crippen LogP contribution in [-0.4, -0.2) is 90.1 Å². The van der Waals surface area contributed by atoms with E-state index in [0.29, 0.717) is 19.3 Å². The third kappa shape index (κ3) is 11.7. The average molecular weight is 694 g/mol. The summed E-state index contributed by atoms with van der Waals surface area (Å²) in [7, 11) is 2.68. The molecule has 0 bridgehead atoms. The van der Waals surface area contributed by atoms with E-state index < -0.39 is 48.8 Å². The molecule has 266 valence electrons. The van der Waals surface area contributed by atoms with Gasteiger partial charge in [0, 0.05) is 32.4 Å². The van der Waals surface area contributed by atoms with Gasteiger partial charge >= 0.3 is 5.97 Å². The van der Waals surface area contributed by atoms with E-state index in [-0.39, 0.29) is 40.4 Å². The molecule has 5 atom stereocenters. The number of hydrogen-bond donors (Lipinski definition) is 4. The molecule has 0 aromatic heterocycles. The van der Waals surface area contributed by atoms with Crippen molar-refractivity contribution in [3.8, 4) is 11.5 Å². The first-order valence-corrected chi connectivity index (χ1v) is 16.4. The number of aliphatic hydroxyl groups excluding tert-OH is 3. The molecule has 0 unspecified atom stereocenters. The van der Waals surface area contributed by atoms with Crippen molar-refractivity contribution >= 4 is 29.3 Å². The largest absolute Gasteiger partial charge is 0.496 e. The molecule has 1 aliphatic rings. The van der Waals surface area contributed by atoms with Crippen LogP contribution in [0.3, 0.4) is 0 Å². The SMILES string of the molecule is COc1cc(OCc2cccc(CC(=O)CCCCCCC(=O)OC(C)(C)C)c2)c(Cl)cc1C(=O)N[C@H]1[C@@H](OC)O[C@H](CO)[C@@H](O)[C@@H]1O. The number of rotatable bonds is 17. The summed E-state index contributed by atoms with van der Waals surface area (Å²) in [6.07, 6.45) is -0.791. The quantitative estimate of drug-likeness (QED) is 0.140. The summed E-state index contributed by atoms with van der Waals surface area (Å²) >= 11 is 6.48. The number of esters is 1. The number of methoxy groups -OCH3 is 2. The molecule has 3 rings (SSSR count). The van der Waals surface area contributed by atoms with E-state index in [1.54, 1.807) is 0 Å². The van der Waals surface area contributed by atoms with Crippen LogP contribution in [0.4, 0.5) is 0 Å². The van der Waals surface area contributed by atoms with E-state index in [1.165, 1.54) is 26.4 Å². The van der Waals surface area contributed by atoms with E-state index in [4.69, 9.17) is 35.3 Å². The highest BCUT2D eigenvalue weighted by Gasteiger charge is 2.45. The minimum atomic E-state index is -1.48. The maximum atomic E-state index is 13.2. The van der Waals surface area contributed by atoms with E-state index in [9.17, 15) is 29.7 Å². The monoisotopic (exact) mass is 693 g/mol. The molecule has 4 N–H and O–H groups in total. The van der Waals surface area contributed by atoms with Crippen LogP contribution in [0.5, 0.6) is 11.5 Å². The third-order valence-electron chi connectivity index (χ3n) is 7.70. The fraction of sp³-hybridized carbons (Fsp3) is 0.571. The summed E-state index contributed by atoms with van der Waals surface area (Å²) in [5.74, 6) is -0.339. The fourth-order valence-electron chi connectivity index (χ4n) is 5.30. The number of Topliss-reactive ketones (excluding diaryl/α,β-unsaturated/α-hetero) is 1. The van der Waals surface area contributed by atoms with E-state index >= 15 is 0 Å². The summed E-state index contributed by atoms with van der Waals surface area (Å²) in [5, 5.41) is 33.0. The molecule has 1 fully saturated rings. The maximum absolute atomic E-state index is 13.2. The number of unbranched alkanes of at least 4 members (excludes halogenated alkanes) is 3.